The number of hydrogen-bond donors (Lipinski definition) is 2. The van der Waals surface area contributed by atoms with Gasteiger partial charge in [0.15, 0.2) is 5.76 Å². The van der Waals surface area contributed by atoms with Crippen LogP contribution in [0.1, 0.15) is 29.1 Å². The maximum Gasteiger partial charge on any atom is 0.381 e. The summed E-state index contributed by atoms with van der Waals surface area (Å²) < 4.78 is 17.4. The highest BCUT2D eigenvalue weighted by molar-refractivity contribution is 7.17. The molecule has 3 aromatic rings. The second-order valence-electron chi connectivity index (χ2n) is 7.66. The number of carbonyl (C=O) groups is 1. The van der Waals surface area contributed by atoms with Crippen LogP contribution in [0.3, 0.4) is 0 Å². The average molecular weight is 444 g/mol. The van der Waals surface area contributed by atoms with Gasteiger partial charge in [-0.05, 0) is 25.8 Å². The van der Waals surface area contributed by atoms with Crippen LogP contribution in [0.25, 0.3) is 5.13 Å². The summed E-state index contributed by atoms with van der Waals surface area (Å²) in [5.41, 5.74) is 0.666. The number of aromatic nitrogens is 4. The minimum Gasteiger partial charge on any atom is -0.488 e. The molecule has 31 heavy (non-hydrogen) atoms. The Labute approximate surface area is 180 Å². The number of aryl methyl sites for hydroxylation is 1. The van der Waals surface area contributed by atoms with Crippen molar-refractivity contribution in [1.82, 2.24) is 20.0 Å². The molecule has 1 aliphatic heterocycles. The highest BCUT2D eigenvalue weighted by Crippen LogP contribution is 2.48. The summed E-state index contributed by atoms with van der Waals surface area (Å²) in [5, 5.41) is 18.9. The predicted molar refractivity (Wildman–Crippen MR) is 111 cm³/mol. The molecule has 1 atom stereocenters. The van der Waals surface area contributed by atoms with E-state index in [4.69, 9.17) is 13.9 Å². The summed E-state index contributed by atoms with van der Waals surface area (Å²) in [6.45, 7) is 3.27. The molecular formula is C19H20N6O5S. The number of rotatable bonds is 6. The SMILES string of the molecule is COc1c(N[C@@H]2CCC23COC3)cc(C(=O)Nc2nnc(-n3nccc3C)s2)oc1=O. The topological polar surface area (TPSA) is 133 Å². The summed E-state index contributed by atoms with van der Waals surface area (Å²) in [6, 6.07) is 3.46. The van der Waals surface area contributed by atoms with Crippen LogP contribution in [-0.2, 0) is 4.74 Å². The fourth-order valence-corrected chi connectivity index (χ4v) is 4.55. The number of nitrogens with one attached hydrogen (secondary N) is 2. The molecule has 1 saturated heterocycles. The van der Waals surface area contributed by atoms with Crippen molar-refractivity contribution in [2.24, 2.45) is 5.41 Å². The molecule has 4 heterocycles. The Balaban J connectivity index is 1.36. The van der Waals surface area contributed by atoms with Gasteiger partial charge in [-0.1, -0.05) is 11.3 Å². The summed E-state index contributed by atoms with van der Waals surface area (Å²) in [4.78, 5) is 25.1. The monoisotopic (exact) mass is 444 g/mol. The van der Waals surface area contributed by atoms with E-state index in [0.29, 0.717) is 24.0 Å². The van der Waals surface area contributed by atoms with Crippen molar-refractivity contribution < 1.29 is 18.7 Å². The zero-order chi connectivity index (χ0) is 21.6. The van der Waals surface area contributed by atoms with Crippen molar-refractivity contribution in [3.63, 3.8) is 0 Å². The van der Waals surface area contributed by atoms with Crippen LogP contribution >= 0.6 is 11.3 Å². The number of methoxy groups -OCH3 is 1. The smallest absolute Gasteiger partial charge is 0.381 e. The van der Waals surface area contributed by atoms with Crippen molar-refractivity contribution >= 4 is 28.1 Å². The first-order valence-electron chi connectivity index (χ1n) is 9.71. The highest BCUT2D eigenvalue weighted by Gasteiger charge is 2.52. The van der Waals surface area contributed by atoms with Gasteiger partial charge in [-0.25, -0.2) is 9.48 Å². The lowest BCUT2D eigenvalue weighted by molar-refractivity contribution is -0.163. The third-order valence-corrected chi connectivity index (χ3v) is 6.58. The molecule has 1 amide bonds. The van der Waals surface area contributed by atoms with Gasteiger partial charge in [-0.15, -0.1) is 10.2 Å². The molecule has 162 valence electrons. The number of carbonyl (C=O) groups excluding carboxylic acids is 1. The van der Waals surface area contributed by atoms with Gasteiger partial charge in [-0.3, -0.25) is 10.1 Å². The van der Waals surface area contributed by atoms with Gasteiger partial charge in [0.25, 0.3) is 5.91 Å². The zero-order valence-corrected chi connectivity index (χ0v) is 17.7. The van der Waals surface area contributed by atoms with Gasteiger partial charge in [-0.2, -0.15) is 5.10 Å². The molecule has 11 nitrogen and oxygen atoms in total. The molecule has 12 heteroatoms. The zero-order valence-electron chi connectivity index (χ0n) is 16.9. The second-order valence-corrected chi connectivity index (χ2v) is 8.62. The van der Waals surface area contributed by atoms with E-state index in [1.165, 1.54) is 13.2 Å². The second kappa shape index (κ2) is 7.46. The van der Waals surface area contributed by atoms with Crippen LogP contribution < -0.4 is 21.0 Å². The summed E-state index contributed by atoms with van der Waals surface area (Å²) >= 11 is 1.15. The first-order chi connectivity index (χ1) is 15.0. The first-order valence-corrected chi connectivity index (χ1v) is 10.5. The average Bonchev–Trinajstić information content (AvgIpc) is 3.32. The Morgan fingerprint density at radius 3 is 2.84 bits per heavy atom. The standard InChI is InChI=1S/C19H20N6O5S/c1-10-4-6-20-25(10)18-24-23-17(31-18)22-15(26)12-7-11(14(28-2)16(27)30-12)21-13-3-5-19(13)8-29-9-19/h4,6-7,13,21H,3,5,8-9H2,1-2H3,(H,22,23,26)/t13-/m1/s1. The number of ether oxygens (including phenoxy) is 2. The van der Waals surface area contributed by atoms with E-state index in [1.54, 1.807) is 10.9 Å². The van der Waals surface area contributed by atoms with Crippen LogP contribution in [0.4, 0.5) is 10.8 Å². The minimum absolute atomic E-state index is 0.0335. The van der Waals surface area contributed by atoms with Crippen LogP contribution in [0.15, 0.2) is 27.5 Å². The number of amides is 1. The molecular weight excluding hydrogens is 424 g/mol. The van der Waals surface area contributed by atoms with Crippen molar-refractivity contribution in [3.05, 3.63) is 40.2 Å². The third-order valence-electron chi connectivity index (χ3n) is 5.76. The van der Waals surface area contributed by atoms with E-state index in [1.807, 2.05) is 13.0 Å². The lowest BCUT2D eigenvalue weighted by atomic mass is 9.63. The molecule has 5 rings (SSSR count). The van der Waals surface area contributed by atoms with Crippen LogP contribution in [0.2, 0.25) is 0 Å². The summed E-state index contributed by atoms with van der Waals surface area (Å²) in [6.07, 6.45) is 3.67. The van der Waals surface area contributed by atoms with Crippen molar-refractivity contribution in [3.8, 4) is 10.9 Å². The maximum atomic E-state index is 12.7. The largest absolute Gasteiger partial charge is 0.488 e. The van der Waals surface area contributed by atoms with Crippen molar-refractivity contribution in [2.75, 3.05) is 31.0 Å². The van der Waals surface area contributed by atoms with Gasteiger partial charge in [0.2, 0.25) is 16.0 Å². The van der Waals surface area contributed by atoms with E-state index in [2.05, 4.69) is 25.9 Å². The van der Waals surface area contributed by atoms with E-state index >= 15 is 0 Å². The van der Waals surface area contributed by atoms with Crippen LogP contribution in [-0.4, -0.2) is 52.3 Å². The van der Waals surface area contributed by atoms with E-state index < -0.39 is 11.5 Å². The van der Waals surface area contributed by atoms with Gasteiger partial charge in [0.1, 0.15) is 0 Å². The number of hydrogen-bond acceptors (Lipinski definition) is 10. The van der Waals surface area contributed by atoms with Crippen LogP contribution in [0, 0.1) is 12.3 Å². The van der Waals surface area contributed by atoms with E-state index in [9.17, 15) is 9.59 Å². The molecule has 1 spiro atoms. The Morgan fingerprint density at radius 2 is 2.23 bits per heavy atom. The van der Waals surface area contributed by atoms with Crippen molar-refractivity contribution in [1.29, 1.82) is 0 Å². The van der Waals surface area contributed by atoms with E-state index in [0.717, 1.165) is 29.9 Å². The minimum atomic E-state index is -0.735. The fraction of sp³-hybridized carbons (Fsp3) is 0.421. The summed E-state index contributed by atoms with van der Waals surface area (Å²) in [5.74, 6) is -0.734. The van der Waals surface area contributed by atoms with Gasteiger partial charge >= 0.3 is 5.63 Å². The Hall–Kier alpha value is -3.25. The molecule has 0 unspecified atom stereocenters. The quantitative estimate of drug-likeness (QED) is 0.584. The Bertz CT molecular complexity index is 1190. The molecule has 0 radical (unpaired) electrons. The predicted octanol–water partition coefficient (Wildman–Crippen LogP) is 1.84. The first kappa shape index (κ1) is 19.7. The van der Waals surface area contributed by atoms with E-state index in [-0.39, 0.29) is 28.1 Å². The molecule has 1 aliphatic carbocycles. The third kappa shape index (κ3) is 3.37. The molecule has 0 aromatic carbocycles. The Morgan fingerprint density at radius 1 is 1.39 bits per heavy atom. The summed E-state index contributed by atoms with van der Waals surface area (Å²) in [7, 11) is 1.39. The van der Waals surface area contributed by atoms with Gasteiger partial charge < -0.3 is 19.2 Å². The lowest BCUT2D eigenvalue weighted by Crippen LogP contribution is -2.61. The van der Waals surface area contributed by atoms with Crippen LogP contribution in [0.5, 0.6) is 5.75 Å². The maximum absolute atomic E-state index is 12.7. The molecule has 2 fully saturated rings. The highest BCUT2D eigenvalue weighted by atomic mass is 32.1. The number of anilines is 2. The molecule has 0 bridgehead atoms. The van der Waals surface area contributed by atoms with Gasteiger partial charge in [0.05, 0.1) is 26.0 Å². The molecule has 1 saturated carbocycles. The normalized spacial score (nSPS) is 18.8. The Kier molecular flexibility index (Phi) is 4.74. The molecule has 3 aromatic heterocycles. The number of nitrogens with zero attached hydrogens (tertiary/aromatic N) is 4. The van der Waals surface area contributed by atoms with Crippen molar-refractivity contribution in [2.45, 2.75) is 25.8 Å². The lowest BCUT2D eigenvalue weighted by Gasteiger charge is -2.55. The molecule has 2 N–H and O–H groups in total. The molecule has 2 aliphatic rings. The van der Waals surface area contributed by atoms with Gasteiger partial charge in [0, 0.05) is 29.4 Å². The fourth-order valence-electron chi connectivity index (χ4n) is 3.79.